The van der Waals surface area contributed by atoms with E-state index in [9.17, 15) is 4.79 Å². The van der Waals surface area contributed by atoms with Crippen LogP contribution in [0.3, 0.4) is 0 Å². The molecule has 4 aromatic carbocycles. The van der Waals surface area contributed by atoms with Crippen LogP contribution in [-0.4, -0.2) is 12.2 Å². The van der Waals surface area contributed by atoms with E-state index in [2.05, 4.69) is 46.2 Å². The number of carbonyl (C=O) groups is 1. The summed E-state index contributed by atoms with van der Waals surface area (Å²) in [6.45, 7) is 2.37. The molecule has 0 atom stereocenters. The zero-order valence-electron chi connectivity index (χ0n) is 17.2. The van der Waals surface area contributed by atoms with Crippen LogP contribution in [0.25, 0.3) is 10.8 Å². The first kappa shape index (κ1) is 20.2. The fourth-order valence-corrected chi connectivity index (χ4v) is 3.23. The second kappa shape index (κ2) is 9.59. The van der Waals surface area contributed by atoms with E-state index in [0.29, 0.717) is 12.4 Å². The van der Waals surface area contributed by atoms with Crippen LogP contribution >= 0.6 is 0 Å². The topological polar surface area (TPSA) is 62.7 Å². The summed E-state index contributed by atoms with van der Waals surface area (Å²) in [5, 5.41) is 9.22. The third-order valence-electron chi connectivity index (χ3n) is 4.89. The van der Waals surface area contributed by atoms with Gasteiger partial charge in [-0.1, -0.05) is 66.7 Å². The minimum atomic E-state index is -0.403. The highest BCUT2D eigenvalue weighted by Crippen LogP contribution is 2.20. The molecule has 0 saturated carbocycles. The first-order chi connectivity index (χ1) is 15.2. The maximum Gasteiger partial charge on any atom is 0.339 e. The quantitative estimate of drug-likeness (QED) is 0.308. The van der Waals surface area contributed by atoms with E-state index in [1.165, 1.54) is 10.8 Å². The summed E-state index contributed by atoms with van der Waals surface area (Å²) < 4.78 is 6.02. The number of aryl methyl sites for hydroxylation is 1. The average Bonchev–Trinajstić information content (AvgIpc) is 2.80. The van der Waals surface area contributed by atoms with Gasteiger partial charge in [0, 0.05) is 11.3 Å². The number of ether oxygens (including phenoxy) is 1. The lowest BCUT2D eigenvalue weighted by Gasteiger charge is -2.10. The second-order valence-electron chi connectivity index (χ2n) is 7.15. The van der Waals surface area contributed by atoms with Crippen LogP contribution in [-0.2, 0) is 6.61 Å². The minimum Gasteiger partial charge on any atom is -0.488 e. The van der Waals surface area contributed by atoms with Crippen molar-refractivity contribution < 1.29 is 9.53 Å². The van der Waals surface area contributed by atoms with Crippen molar-refractivity contribution in [3.63, 3.8) is 0 Å². The molecule has 0 aromatic heterocycles. The van der Waals surface area contributed by atoms with E-state index in [4.69, 9.17) is 4.74 Å². The zero-order valence-corrected chi connectivity index (χ0v) is 17.2. The Hall–Kier alpha value is -4.12. The number of rotatable bonds is 6. The molecule has 0 aliphatic carbocycles. The molecule has 0 unspecified atom stereocenters. The van der Waals surface area contributed by atoms with Crippen molar-refractivity contribution in [1.29, 1.82) is 0 Å². The summed E-state index contributed by atoms with van der Waals surface area (Å²) in [5.41, 5.74) is 6.08. The third kappa shape index (κ3) is 5.28. The maximum atomic E-state index is 12.1. The normalized spacial score (nSPS) is 10.9. The van der Waals surface area contributed by atoms with Gasteiger partial charge in [-0.3, -0.25) is 0 Å². The number of carbonyl (C=O) groups excluding carboxylic acids is 1. The van der Waals surface area contributed by atoms with Gasteiger partial charge in [-0.05, 0) is 53.1 Å². The molecular formula is C26H23N3O2. The van der Waals surface area contributed by atoms with Crippen LogP contribution < -0.4 is 15.5 Å². The van der Waals surface area contributed by atoms with Crippen molar-refractivity contribution >= 4 is 28.7 Å². The number of hydrogen-bond acceptors (Lipinski definition) is 3. The molecule has 5 nitrogen and oxygen atoms in total. The van der Waals surface area contributed by atoms with Gasteiger partial charge >= 0.3 is 6.03 Å². The van der Waals surface area contributed by atoms with E-state index in [1.54, 1.807) is 6.21 Å². The average molecular weight is 409 g/mol. The summed E-state index contributed by atoms with van der Waals surface area (Å²) in [6.07, 6.45) is 1.58. The van der Waals surface area contributed by atoms with Crippen LogP contribution in [0.5, 0.6) is 5.75 Å². The van der Waals surface area contributed by atoms with Gasteiger partial charge in [0.15, 0.2) is 0 Å². The highest BCUT2D eigenvalue weighted by Gasteiger charge is 2.04. The summed E-state index contributed by atoms with van der Waals surface area (Å²) in [6, 6.07) is 29.3. The van der Waals surface area contributed by atoms with Gasteiger partial charge in [-0.2, -0.15) is 5.10 Å². The van der Waals surface area contributed by atoms with Crippen LogP contribution in [0.15, 0.2) is 96.1 Å². The Bertz CT molecular complexity index is 1230. The number of para-hydroxylation sites is 2. The van der Waals surface area contributed by atoms with Crippen LogP contribution in [0.1, 0.15) is 16.7 Å². The lowest BCUT2D eigenvalue weighted by atomic mass is 10.1. The van der Waals surface area contributed by atoms with E-state index in [-0.39, 0.29) is 0 Å². The Morgan fingerprint density at radius 2 is 1.65 bits per heavy atom. The number of fused-ring (bicyclic) bond motifs is 1. The maximum absolute atomic E-state index is 12.1. The van der Waals surface area contributed by atoms with Crippen molar-refractivity contribution in [3.8, 4) is 5.75 Å². The molecular weight excluding hydrogens is 386 g/mol. The van der Waals surface area contributed by atoms with Crippen LogP contribution in [0.2, 0.25) is 0 Å². The summed E-state index contributed by atoms with van der Waals surface area (Å²) in [4.78, 5) is 12.1. The number of benzene rings is 4. The lowest BCUT2D eigenvalue weighted by molar-refractivity contribution is 0.252. The predicted octanol–water partition coefficient (Wildman–Crippen LogP) is 5.88. The Morgan fingerprint density at radius 1 is 0.903 bits per heavy atom. The first-order valence-corrected chi connectivity index (χ1v) is 10.0. The molecule has 0 radical (unpaired) electrons. The summed E-state index contributed by atoms with van der Waals surface area (Å²) >= 11 is 0. The Balaban J connectivity index is 1.38. The van der Waals surface area contributed by atoms with Crippen molar-refractivity contribution in [2.24, 2.45) is 5.10 Å². The van der Waals surface area contributed by atoms with Gasteiger partial charge in [0.1, 0.15) is 12.4 Å². The number of amides is 2. The monoisotopic (exact) mass is 409 g/mol. The number of anilines is 1. The molecule has 0 bridgehead atoms. The summed E-state index contributed by atoms with van der Waals surface area (Å²) in [5.74, 6) is 0.695. The Labute approximate surface area is 181 Å². The Morgan fingerprint density at radius 3 is 2.52 bits per heavy atom. The SMILES string of the molecule is Cc1ccccc1NC(=O)NN=Cc1ccccc1OCc1ccc2ccccc2c1. The molecule has 4 aromatic rings. The molecule has 0 heterocycles. The van der Waals surface area contributed by atoms with Gasteiger partial charge in [0.2, 0.25) is 0 Å². The fraction of sp³-hybridized carbons (Fsp3) is 0.0769. The largest absolute Gasteiger partial charge is 0.488 e. The molecule has 2 amide bonds. The molecule has 0 aliphatic rings. The molecule has 154 valence electrons. The highest BCUT2D eigenvalue weighted by molar-refractivity contribution is 5.91. The first-order valence-electron chi connectivity index (χ1n) is 10.0. The number of hydrogen-bond donors (Lipinski definition) is 2. The highest BCUT2D eigenvalue weighted by atomic mass is 16.5. The van der Waals surface area contributed by atoms with Crippen LogP contribution in [0, 0.1) is 6.92 Å². The van der Waals surface area contributed by atoms with E-state index in [0.717, 1.165) is 22.4 Å². The number of hydrazone groups is 1. The Kier molecular flexibility index (Phi) is 6.24. The van der Waals surface area contributed by atoms with Crippen molar-refractivity contribution in [2.75, 3.05) is 5.32 Å². The van der Waals surface area contributed by atoms with Crippen molar-refractivity contribution in [3.05, 3.63) is 108 Å². The number of nitrogens with one attached hydrogen (secondary N) is 2. The fourth-order valence-electron chi connectivity index (χ4n) is 3.23. The van der Waals surface area contributed by atoms with Crippen LogP contribution in [0.4, 0.5) is 10.5 Å². The van der Waals surface area contributed by atoms with Gasteiger partial charge in [-0.15, -0.1) is 0 Å². The standard InChI is InChI=1S/C26H23N3O2/c1-19-8-2-6-12-24(19)28-26(30)29-27-17-23-11-5-7-13-25(23)31-18-20-14-15-21-9-3-4-10-22(21)16-20/h2-17H,18H2,1H3,(H2,28,29,30). The van der Waals surface area contributed by atoms with E-state index in [1.807, 2.05) is 67.6 Å². The molecule has 2 N–H and O–H groups in total. The van der Waals surface area contributed by atoms with Gasteiger partial charge < -0.3 is 10.1 Å². The minimum absolute atomic E-state index is 0.403. The molecule has 0 spiro atoms. The van der Waals surface area contributed by atoms with Gasteiger partial charge in [0.05, 0.1) is 6.21 Å². The molecule has 5 heteroatoms. The second-order valence-corrected chi connectivity index (χ2v) is 7.15. The molecule has 0 saturated heterocycles. The number of nitrogens with zero attached hydrogens (tertiary/aromatic N) is 1. The molecule has 31 heavy (non-hydrogen) atoms. The van der Waals surface area contributed by atoms with Gasteiger partial charge in [0.25, 0.3) is 0 Å². The molecule has 0 fully saturated rings. The molecule has 0 aliphatic heterocycles. The number of urea groups is 1. The lowest BCUT2D eigenvalue weighted by Crippen LogP contribution is -2.24. The predicted molar refractivity (Wildman–Crippen MR) is 126 cm³/mol. The third-order valence-corrected chi connectivity index (χ3v) is 4.89. The van der Waals surface area contributed by atoms with Gasteiger partial charge in [-0.25, -0.2) is 10.2 Å². The zero-order chi connectivity index (χ0) is 21.5. The molecule has 4 rings (SSSR count). The van der Waals surface area contributed by atoms with E-state index < -0.39 is 6.03 Å². The van der Waals surface area contributed by atoms with E-state index >= 15 is 0 Å². The van der Waals surface area contributed by atoms with Crippen molar-refractivity contribution in [2.45, 2.75) is 13.5 Å². The summed E-state index contributed by atoms with van der Waals surface area (Å²) in [7, 11) is 0. The smallest absolute Gasteiger partial charge is 0.339 e. The van der Waals surface area contributed by atoms with Crippen molar-refractivity contribution in [1.82, 2.24) is 5.43 Å².